The van der Waals surface area contributed by atoms with E-state index in [0.717, 1.165) is 17.2 Å². The van der Waals surface area contributed by atoms with Crippen molar-refractivity contribution >= 4 is 5.82 Å². The van der Waals surface area contributed by atoms with Crippen LogP contribution < -0.4 is 10.1 Å². The third kappa shape index (κ3) is 3.01. The summed E-state index contributed by atoms with van der Waals surface area (Å²) in [5.74, 6) is 1.33. The van der Waals surface area contributed by atoms with Gasteiger partial charge in [0.1, 0.15) is 12.1 Å². The Labute approximate surface area is 112 Å². The Balaban J connectivity index is 2.08. The molecule has 2 heterocycles. The second-order valence-corrected chi connectivity index (χ2v) is 4.30. The normalized spacial score (nSPS) is 10.5. The van der Waals surface area contributed by atoms with Crippen LogP contribution in [0.15, 0.2) is 12.4 Å². The summed E-state index contributed by atoms with van der Waals surface area (Å²) in [5, 5.41) is 7.66. The van der Waals surface area contributed by atoms with Crippen LogP contribution in [0.1, 0.15) is 23.9 Å². The summed E-state index contributed by atoms with van der Waals surface area (Å²) >= 11 is 0. The van der Waals surface area contributed by atoms with Gasteiger partial charge in [0, 0.05) is 30.9 Å². The Morgan fingerprint density at radius 3 is 2.74 bits per heavy atom. The number of hydrogen-bond donors (Lipinski definition) is 1. The summed E-state index contributed by atoms with van der Waals surface area (Å²) in [4.78, 5) is 8.21. The summed E-state index contributed by atoms with van der Waals surface area (Å²) in [6, 6.07) is 1.80. The Kier molecular flexibility index (Phi) is 3.99. The minimum absolute atomic E-state index is 0.583. The smallest absolute Gasteiger partial charge is 0.218 e. The molecule has 0 aromatic carbocycles. The van der Waals surface area contributed by atoms with Crippen LogP contribution in [0.25, 0.3) is 0 Å². The van der Waals surface area contributed by atoms with E-state index in [1.807, 2.05) is 25.6 Å². The van der Waals surface area contributed by atoms with E-state index in [9.17, 15) is 0 Å². The van der Waals surface area contributed by atoms with E-state index >= 15 is 0 Å². The molecule has 0 amide bonds. The van der Waals surface area contributed by atoms with Crippen molar-refractivity contribution in [2.75, 3.05) is 11.9 Å². The summed E-state index contributed by atoms with van der Waals surface area (Å²) in [6.45, 7) is 7.28. The fourth-order valence-electron chi connectivity index (χ4n) is 1.92. The first kappa shape index (κ1) is 13.3. The van der Waals surface area contributed by atoms with Gasteiger partial charge in [-0.05, 0) is 20.8 Å². The molecule has 0 aliphatic heterocycles. The molecule has 0 aliphatic carbocycles. The van der Waals surface area contributed by atoms with Crippen LogP contribution in [-0.4, -0.2) is 26.4 Å². The molecule has 6 nitrogen and oxygen atoms in total. The van der Waals surface area contributed by atoms with Crippen molar-refractivity contribution in [2.45, 2.75) is 27.3 Å². The molecule has 6 heteroatoms. The second kappa shape index (κ2) is 5.69. The van der Waals surface area contributed by atoms with Crippen molar-refractivity contribution in [3.8, 4) is 5.88 Å². The number of rotatable bonds is 5. The van der Waals surface area contributed by atoms with Crippen LogP contribution in [-0.2, 0) is 13.6 Å². The minimum Gasteiger partial charge on any atom is -0.478 e. The van der Waals surface area contributed by atoms with Gasteiger partial charge in [0.2, 0.25) is 5.88 Å². The lowest BCUT2D eigenvalue weighted by molar-refractivity contribution is 0.326. The zero-order chi connectivity index (χ0) is 13.8. The number of nitrogens with one attached hydrogen (secondary N) is 1. The highest BCUT2D eigenvalue weighted by Crippen LogP contribution is 2.15. The van der Waals surface area contributed by atoms with E-state index in [2.05, 4.69) is 27.3 Å². The Hall–Kier alpha value is -2.11. The van der Waals surface area contributed by atoms with Gasteiger partial charge in [-0.15, -0.1) is 0 Å². The van der Waals surface area contributed by atoms with E-state index in [-0.39, 0.29) is 0 Å². The Morgan fingerprint density at radius 2 is 2.11 bits per heavy atom. The van der Waals surface area contributed by atoms with E-state index in [1.54, 1.807) is 6.07 Å². The van der Waals surface area contributed by atoms with Crippen LogP contribution >= 0.6 is 0 Å². The summed E-state index contributed by atoms with van der Waals surface area (Å²) in [7, 11) is 1.95. The molecule has 0 fully saturated rings. The van der Waals surface area contributed by atoms with Crippen LogP contribution in [0.4, 0.5) is 5.82 Å². The lowest BCUT2D eigenvalue weighted by atomic mass is 10.2. The van der Waals surface area contributed by atoms with Crippen molar-refractivity contribution in [3.63, 3.8) is 0 Å². The number of hydrogen-bond acceptors (Lipinski definition) is 5. The number of nitrogens with zero attached hydrogens (tertiary/aromatic N) is 4. The van der Waals surface area contributed by atoms with Gasteiger partial charge < -0.3 is 10.1 Å². The van der Waals surface area contributed by atoms with Gasteiger partial charge in [-0.25, -0.2) is 9.97 Å². The standard InChI is InChI=1S/C13H19N5O/c1-5-19-13-6-12(15-8-16-13)14-7-11-9(2)17-18(4)10(11)3/h6,8H,5,7H2,1-4H3,(H,14,15,16). The first-order valence-corrected chi connectivity index (χ1v) is 6.29. The molecule has 1 N–H and O–H groups in total. The van der Waals surface area contributed by atoms with Gasteiger partial charge in [-0.1, -0.05) is 0 Å². The second-order valence-electron chi connectivity index (χ2n) is 4.30. The van der Waals surface area contributed by atoms with Crippen LogP contribution in [0, 0.1) is 13.8 Å². The predicted molar refractivity (Wildman–Crippen MR) is 73.2 cm³/mol. The maximum absolute atomic E-state index is 5.34. The van der Waals surface area contributed by atoms with E-state index in [0.29, 0.717) is 19.0 Å². The molecule has 0 bridgehead atoms. The molecule has 102 valence electrons. The van der Waals surface area contributed by atoms with Crippen molar-refractivity contribution < 1.29 is 4.74 Å². The third-order valence-corrected chi connectivity index (χ3v) is 3.04. The molecule has 2 aromatic rings. The van der Waals surface area contributed by atoms with Crippen LogP contribution in [0.5, 0.6) is 5.88 Å². The molecule has 2 rings (SSSR count). The van der Waals surface area contributed by atoms with Gasteiger partial charge in [-0.3, -0.25) is 4.68 Å². The van der Waals surface area contributed by atoms with Gasteiger partial charge in [0.05, 0.1) is 12.3 Å². The molecule has 2 aromatic heterocycles. The molecule has 0 unspecified atom stereocenters. The fraction of sp³-hybridized carbons (Fsp3) is 0.462. The lowest BCUT2D eigenvalue weighted by Gasteiger charge is -2.07. The highest BCUT2D eigenvalue weighted by Gasteiger charge is 2.09. The molecule has 0 atom stereocenters. The highest BCUT2D eigenvalue weighted by molar-refractivity contribution is 5.39. The van der Waals surface area contributed by atoms with Crippen molar-refractivity contribution in [2.24, 2.45) is 7.05 Å². The average Bonchev–Trinajstić information content (AvgIpc) is 2.62. The Bertz CT molecular complexity index is 564. The molecular formula is C13H19N5O. The molecule has 0 saturated carbocycles. The first-order chi connectivity index (χ1) is 9.11. The van der Waals surface area contributed by atoms with Gasteiger partial charge in [-0.2, -0.15) is 5.10 Å². The molecule has 0 radical (unpaired) electrons. The zero-order valence-electron chi connectivity index (χ0n) is 11.8. The third-order valence-electron chi connectivity index (χ3n) is 3.04. The number of aromatic nitrogens is 4. The maximum Gasteiger partial charge on any atom is 0.218 e. The van der Waals surface area contributed by atoms with E-state index in [4.69, 9.17) is 4.74 Å². The van der Waals surface area contributed by atoms with Crippen LogP contribution in [0.2, 0.25) is 0 Å². The largest absolute Gasteiger partial charge is 0.478 e. The molecule has 0 saturated heterocycles. The molecule has 0 aliphatic rings. The summed E-state index contributed by atoms with van der Waals surface area (Å²) in [6.07, 6.45) is 1.50. The quantitative estimate of drug-likeness (QED) is 0.889. The SMILES string of the molecule is CCOc1cc(NCc2c(C)nn(C)c2C)ncn1. The monoisotopic (exact) mass is 261 g/mol. The zero-order valence-corrected chi connectivity index (χ0v) is 11.8. The topological polar surface area (TPSA) is 64.9 Å². The van der Waals surface area contributed by atoms with E-state index < -0.39 is 0 Å². The first-order valence-electron chi connectivity index (χ1n) is 6.29. The number of aryl methyl sites for hydroxylation is 2. The lowest BCUT2D eigenvalue weighted by Crippen LogP contribution is -2.05. The number of ether oxygens (including phenoxy) is 1. The van der Waals surface area contributed by atoms with E-state index in [1.165, 1.54) is 11.9 Å². The molecular weight excluding hydrogens is 242 g/mol. The average molecular weight is 261 g/mol. The maximum atomic E-state index is 5.34. The van der Waals surface area contributed by atoms with Crippen LogP contribution in [0.3, 0.4) is 0 Å². The minimum atomic E-state index is 0.583. The van der Waals surface area contributed by atoms with Crippen molar-refractivity contribution in [1.29, 1.82) is 0 Å². The summed E-state index contributed by atoms with van der Waals surface area (Å²) in [5.41, 5.74) is 3.38. The fourth-order valence-corrected chi connectivity index (χ4v) is 1.92. The Morgan fingerprint density at radius 1 is 1.32 bits per heavy atom. The van der Waals surface area contributed by atoms with Gasteiger partial charge in [0.15, 0.2) is 0 Å². The van der Waals surface area contributed by atoms with Gasteiger partial charge >= 0.3 is 0 Å². The van der Waals surface area contributed by atoms with Crippen molar-refractivity contribution in [1.82, 2.24) is 19.7 Å². The molecule has 0 spiro atoms. The van der Waals surface area contributed by atoms with Crippen molar-refractivity contribution in [3.05, 3.63) is 29.3 Å². The predicted octanol–water partition coefficient (Wildman–Crippen LogP) is 1.84. The van der Waals surface area contributed by atoms with Gasteiger partial charge in [0.25, 0.3) is 0 Å². The highest BCUT2D eigenvalue weighted by atomic mass is 16.5. The molecule has 19 heavy (non-hydrogen) atoms. The summed E-state index contributed by atoms with van der Waals surface area (Å²) < 4.78 is 7.23. The number of anilines is 1.